The molecule has 3 nitrogen and oxygen atoms in total. The number of thioether (sulfide) groups is 1. The highest BCUT2D eigenvalue weighted by atomic mass is 32.2. The Kier molecular flexibility index (Phi) is 6.22. The summed E-state index contributed by atoms with van der Waals surface area (Å²) < 4.78 is 37.9. The van der Waals surface area contributed by atoms with E-state index in [9.17, 15) is 18.3 Å². The van der Waals surface area contributed by atoms with Crippen LogP contribution in [0.15, 0.2) is 23.1 Å². The van der Waals surface area contributed by atoms with Crippen molar-refractivity contribution in [1.29, 1.82) is 0 Å². The number of benzene rings is 1. The van der Waals surface area contributed by atoms with Crippen LogP contribution in [0, 0.1) is 5.92 Å². The fourth-order valence-electron chi connectivity index (χ4n) is 2.91. The van der Waals surface area contributed by atoms with Crippen LogP contribution in [0.4, 0.5) is 13.2 Å². The number of hydrogen-bond acceptors (Lipinski definition) is 4. The zero-order chi connectivity index (χ0) is 17.0. The summed E-state index contributed by atoms with van der Waals surface area (Å²) in [6.45, 7) is 7.53. The van der Waals surface area contributed by atoms with Gasteiger partial charge in [0.05, 0.1) is 0 Å². The lowest BCUT2D eigenvalue weighted by atomic mass is 9.94. The summed E-state index contributed by atoms with van der Waals surface area (Å²) in [5, 5.41) is 13.5. The lowest BCUT2D eigenvalue weighted by Crippen LogP contribution is -2.45. The van der Waals surface area contributed by atoms with Gasteiger partial charge in [-0.05, 0) is 42.3 Å². The molecule has 1 aliphatic heterocycles. The molecule has 1 heterocycles. The first-order valence-corrected chi connectivity index (χ1v) is 8.61. The van der Waals surface area contributed by atoms with Gasteiger partial charge in [0.25, 0.3) is 0 Å². The Hall–Kier alpha value is -0.920. The van der Waals surface area contributed by atoms with E-state index in [0.29, 0.717) is 11.5 Å². The zero-order valence-electron chi connectivity index (χ0n) is 13.4. The summed E-state index contributed by atoms with van der Waals surface area (Å²) >= 11 is -0.135. The molecular weight excluding hydrogens is 325 g/mol. The van der Waals surface area contributed by atoms with E-state index >= 15 is 0 Å². The Morgan fingerprint density at radius 3 is 2.48 bits per heavy atom. The average molecular weight is 348 g/mol. The maximum Gasteiger partial charge on any atom is 0.446 e. The number of nitrogens with zero attached hydrogens (tertiary/aromatic N) is 1. The molecular formula is C16H23F3N2OS. The Labute approximate surface area is 139 Å². The Balaban J connectivity index is 2.30. The van der Waals surface area contributed by atoms with Gasteiger partial charge >= 0.3 is 5.51 Å². The molecule has 7 heteroatoms. The number of hydrogen-bond donors (Lipinski definition) is 2. The Bertz CT molecular complexity index is 517. The van der Waals surface area contributed by atoms with Crippen molar-refractivity contribution in [3.63, 3.8) is 0 Å². The van der Waals surface area contributed by atoms with Gasteiger partial charge in [-0.1, -0.05) is 13.8 Å². The van der Waals surface area contributed by atoms with Crippen molar-refractivity contribution in [2.75, 3.05) is 26.2 Å². The first-order valence-electron chi connectivity index (χ1n) is 7.79. The average Bonchev–Trinajstić information content (AvgIpc) is 2.46. The van der Waals surface area contributed by atoms with Crippen LogP contribution in [0.1, 0.15) is 31.9 Å². The summed E-state index contributed by atoms with van der Waals surface area (Å²) in [6, 6.07) is 4.12. The number of halogens is 3. The first-order chi connectivity index (χ1) is 10.8. The largest absolute Gasteiger partial charge is 0.508 e. The highest BCUT2D eigenvalue weighted by molar-refractivity contribution is 8.00. The van der Waals surface area contributed by atoms with Gasteiger partial charge in [0.1, 0.15) is 5.75 Å². The van der Waals surface area contributed by atoms with Gasteiger partial charge in [-0.25, -0.2) is 0 Å². The smallest absolute Gasteiger partial charge is 0.446 e. The third-order valence-electron chi connectivity index (χ3n) is 3.88. The van der Waals surface area contributed by atoms with Gasteiger partial charge in [-0.15, -0.1) is 0 Å². The standard InChI is InChI=1S/C16H23F3N2OS/c1-11(2)9-14(21-7-5-20-6-8-21)13-10-12(3-4-15(13)22)23-16(17,18)19/h3-4,10-11,14,20,22H,5-9H2,1-2H3/t14-/m1/s1. The molecule has 0 spiro atoms. The summed E-state index contributed by atoms with van der Waals surface area (Å²) in [7, 11) is 0. The monoisotopic (exact) mass is 348 g/mol. The van der Waals surface area contributed by atoms with Crippen molar-refractivity contribution < 1.29 is 18.3 Å². The molecule has 2 N–H and O–H groups in total. The molecule has 1 aromatic rings. The fraction of sp³-hybridized carbons (Fsp3) is 0.625. The van der Waals surface area contributed by atoms with Gasteiger partial charge in [0.2, 0.25) is 0 Å². The molecule has 0 radical (unpaired) electrons. The van der Waals surface area contributed by atoms with Crippen LogP contribution in [-0.4, -0.2) is 41.7 Å². The van der Waals surface area contributed by atoms with E-state index in [1.807, 2.05) is 0 Å². The minimum atomic E-state index is -4.32. The zero-order valence-corrected chi connectivity index (χ0v) is 14.2. The number of phenolic OH excluding ortho intramolecular Hbond substituents is 1. The molecule has 1 atom stereocenters. The second kappa shape index (κ2) is 7.77. The minimum Gasteiger partial charge on any atom is -0.508 e. The fourth-order valence-corrected chi connectivity index (χ4v) is 3.50. The molecule has 1 aliphatic rings. The highest BCUT2D eigenvalue weighted by Gasteiger charge is 2.31. The Morgan fingerprint density at radius 2 is 1.91 bits per heavy atom. The van der Waals surface area contributed by atoms with Crippen LogP contribution in [-0.2, 0) is 0 Å². The van der Waals surface area contributed by atoms with E-state index in [0.717, 1.165) is 32.6 Å². The summed E-state index contributed by atoms with van der Waals surface area (Å²) in [6.07, 6.45) is 0.799. The Morgan fingerprint density at radius 1 is 1.26 bits per heavy atom. The van der Waals surface area contributed by atoms with Gasteiger partial charge in [-0.3, -0.25) is 4.90 Å². The normalized spacial score (nSPS) is 18.3. The molecule has 0 saturated carbocycles. The number of piperazine rings is 1. The van der Waals surface area contributed by atoms with Gasteiger partial charge < -0.3 is 10.4 Å². The van der Waals surface area contributed by atoms with Crippen LogP contribution in [0.3, 0.4) is 0 Å². The van der Waals surface area contributed by atoms with Gasteiger partial charge in [0.15, 0.2) is 0 Å². The summed E-state index contributed by atoms with van der Waals surface area (Å²) in [5.41, 5.74) is -3.73. The van der Waals surface area contributed by atoms with Crippen LogP contribution in [0.5, 0.6) is 5.75 Å². The quantitative estimate of drug-likeness (QED) is 0.789. The minimum absolute atomic E-state index is 0.0640. The molecule has 0 amide bonds. The molecule has 1 fully saturated rings. The number of rotatable bonds is 5. The molecule has 0 bridgehead atoms. The van der Waals surface area contributed by atoms with Crippen molar-refractivity contribution in [1.82, 2.24) is 10.2 Å². The van der Waals surface area contributed by atoms with Crippen molar-refractivity contribution in [3.8, 4) is 5.75 Å². The maximum absolute atomic E-state index is 12.6. The predicted octanol–water partition coefficient (Wildman–Crippen LogP) is 4.00. The lowest BCUT2D eigenvalue weighted by molar-refractivity contribution is -0.0328. The topological polar surface area (TPSA) is 35.5 Å². The summed E-state index contributed by atoms with van der Waals surface area (Å²) in [4.78, 5) is 2.36. The first kappa shape index (κ1) is 18.4. The number of phenols is 1. The van der Waals surface area contributed by atoms with E-state index < -0.39 is 5.51 Å². The van der Waals surface area contributed by atoms with Crippen LogP contribution in [0.25, 0.3) is 0 Å². The van der Waals surface area contributed by atoms with Gasteiger partial charge in [-0.2, -0.15) is 13.2 Å². The summed E-state index contributed by atoms with van der Waals surface area (Å²) in [5.74, 6) is 0.453. The molecule has 1 aromatic carbocycles. The number of alkyl halides is 3. The SMILES string of the molecule is CC(C)C[C@H](c1cc(SC(F)(F)F)ccc1O)N1CCNCC1. The van der Waals surface area contributed by atoms with Crippen molar-refractivity contribution >= 4 is 11.8 Å². The number of nitrogens with one attached hydrogen (secondary N) is 1. The van der Waals surface area contributed by atoms with Gasteiger partial charge in [0, 0.05) is 42.7 Å². The van der Waals surface area contributed by atoms with E-state index in [1.54, 1.807) is 0 Å². The second-order valence-corrected chi connectivity index (χ2v) is 7.34. The third kappa shape index (κ3) is 5.58. The van der Waals surface area contributed by atoms with E-state index in [1.165, 1.54) is 18.2 Å². The van der Waals surface area contributed by atoms with Crippen molar-refractivity contribution in [2.45, 2.75) is 36.7 Å². The number of aromatic hydroxyl groups is 1. The van der Waals surface area contributed by atoms with Crippen molar-refractivity contribution in [2.24, 2.45) is 5.92 Å². The molecule has 130 valence electrons. The predicted molar refractivity (Wildman–Crippen MR) is 86.7 cm³/mol. The van der Waals surface area contributed by atoms with Crippen LogP contribution in [0.2, 0.25) is 0 Å². The lowest BCUT2D eigenvalue weighted by Gasteiger charge is -2.36. The van der Waals surface area contributed by atoms with E-state index in [2.05, 4.69) is 24.1 Å². The highest BCUT2D eigenvalue weighted by Crippen LogP contribution is 2.41. The molecule has 0 unspecified atom stereocenters. The van der Waals surface area contributed by atoms with E-state index in [-0.39, 0.29) is 28.4 Å². The maximum atomic E-state index is 12.6. The molecule has 2 rings (SSSR count). The molecule has 0 aliphatic carbocycles. The molecule has 0 aromatic heterocycles. The van der Waals surface area contributed by atoms with Crippen LogP contribution < -0.4 is 5.32 Å². The molecule has 23 heavy (non-hydrogen) atoms. The third-order valence-corrected chi connectivity index (χ3v) is 4.60. The van der Waals surface area contributed by atoms with E-state index in [4.69, 9.17) is 0 Å². The second-order valence-electron chi connectivity index (χ2n) is 6.20. The molecule has 1 saturated heterocycles. The van der Waals surface area contributed by atoms with Crippen molar-refractivity contribution in [3.05, 3.63) is 23.8 Å². The van der Waals surface area contributed by atoms with Crippen LogP contribution >= 0.6 is 11.8 Å².